The standard InChI is InChI=1S/C23H34O4/c1-3-5-6-8-17-9-11-18(12-10-17)19-13-15-20(16-14-19)25-23(24)27-22-21(26-22)7-4-2/h13-18,21-22H,3-12H2,1-2H3/t17-,18-,21-,22-/m1/s1. The van der Waals surface area contributed by atoms with Crippen LogP contribution < -0.4 is 4.74 Å². The average molecular weight is 375 g/mol. The van der Waals surface area contributed by atoms with Crippen LogP contribution in [-0.4, -0.2) is 18.5 Å². The fraction of sp³-hybridized carbons (Fsp3) is 0.696. The quantitative estimate of drug-likeness (QED) is 0.212. The maximum absolute atomic E-state index is 11.8. The molecule has 1 heterocycles. The van der Waals surface area contributed by atoms with Gasteiger partial charge >= 0.3 is 6.16 Å². The lowest BCUT2D eigenvalue weighted by Gasteiger charge is -2.29. The van der Waals surface area contributed by atoms with E-state index < -0.39 is 12.4 Å². The summed E-state index contributed by atoms with van der Waals surface area (Å²) >= 11 is 0. The highest BCUT2D eigenvalue weighted by Crippen LogP contribution is 2.38. The van der Waals surface area contributed by atoms with Gasteiger partial charge in [0.05, 0.1) is 0 Å². The number of hydrogen-bond donors (Lipinski definition) is 0. The van der Waals surface area contributed by atoms with Crippen LogP contribution in [0, 0.1) is 5.92 Å². The number of benzene rings is 1. The van der Waals surface area contributed by atoms with Crippen molar-refractivity contribution in [1.29, 1.82) is 0 Å². The molecule has 0 aromatic heterocycles. The highest BCUT2D eigenvalue weighted by Gasteiger charge is 2.42. The minimum Gasteiger partial charge on any atom is -0.401 e. The third-order valence-electron chi connectivity index (χ3n) is 5.94. The maximum Gasteiger partial charge on any atom is 0.516 e. The van der Waals surface area contributed by atoms with E-state index in [0.29, 0.717) is 11.7 Å². The first kappa shape index (κ1) is 20.2. The molecule has 1 aromatic rings. The average Bonchev–Trinajstić information content (AvgIpc) is 3.40. The van der Waals surface area contributed by atoms with Crippen LogP contribution in [0.4, 0.5) is 4.79 Å². The Bertz CT molecular complexity index is 575. The molecule has 1 saturated carbocycles. The fourth-order valence-corrected chi connectivity index (χ4v) is 4.21. The van der Waals surface area contributed by atoms with Gasteiger partial charge in [-0.05, 0) is 61.6 Å². The Balaban J connectivity index is 1.39. The van der Waals surface area contributed by atoms with E-state index in [1.54, 1.807) is 0 Å². The van der Waals surface area contributed by atoms with Gasteiger partial charge in [0.1, 0.15) is 11.9 Å². The van der Waals surface area contributed by atoms with Gasteiger partial charge in [0.2, 0.25) is 6.29 Å². The van der Waals surface area contributed by atoms with Crippen LogP contribution in [-0.2, 0) is 9.47 Å². The van der Waals surface area contributed by atoms with Crippen molar-refractivity contribution in [2.75, 3.05) is 0 Å². The number of hydrogen-bond acceptors (Lipinski definition) is 4. The second-order valence-electron chi connectivity index (χ2n) is 8.08. The predicted molar refractivity (Wildman–Crippen MR) is 106 cm³/mol. The first-order chi connectivity index (χ1) is 13.2. The molecule has 4 heteroatoms. The van der Waals surface area contributed by atoms with Gasteiger partial charge in [-0.15, -0.1) is 0 Å². The third kappa shape index (κ3) is 6.24. The zero-order valence-corrected chi connectivity index (χ0v) is 16.8. The van der Waals surface area contributed by atoms with E-state index >= 15 is 0 Å². The fourth-order valence-electron chi connectivity index (χ4n) is 4.21. The van der Waals surface area contributed by atoms with Crippen molar-refractivity contribution >= 4 is 6.16 Å². The molecule has 27 heavy (non-hydrogen) atoms. The van der Waals surface area contributed by atoms with E-state index in [-0.39, 0.29) is 6.10 Å². The molecule has 0 N–H and O–H groups in total. The van der Waals surface area contributed by atoms with Gasteiger partial charge in [0.15, 0.2) is 0 Å². The first-order valence-corrected chi connectivity index (χ1v) is 10.8. The molecule has 1 saturated heterocycles. The minimum atomic E-state index is -0.682. The molecule has 0 spiro atoms. The van der Waals surface area contributed by atoms with Gasteiger partial charge < -0.3 is 14.2 Å². The molecule has 2 atom stereocenters. The van der Waals surface area contributed by atoms with Gasteiger partial charge in [-0.2, -0.15) is 0 Å². The van der Waals surface area contributed by atoms with Crippen LogP contribution in [0.1, 0.15) is 89.5 Å². The summed E-state index contributed by atoms with van der Waals surface area (Å²) in [6, 6.07) is 7.94. The highest BCUT2D eigenvalue weighted by molar-refractivity contribution is 5.64. The van der Waals surface area contributed by atoms with Crippen molar-refractivity contribution in [2.24, 2.45) is 5.92 Å². The smallest absolute Gasteiger partial charge is 0.401 e. The molecule has 4 nitrogen and oxygen atoms in total. The third-order valence-corrected chi connectivity index (χ3v) is 5.94. The summed E-state index contributed by atoms with van der Waals surface area (Å²) in [6.45, 7) is 4.35. The molecule has 0 radical (unpaired) electrons. The van der Waals surface area contributed by atoms with Crippen molar-refractivity contribution in [3.05, 3.63) is 29.8 Å². The number of rotatable bonds is 9. The summed E-state index contributed by atoms with van der Waals surface area (Å²) < 4.78 is 15.7. The van der Waals surface area contributed by atoms with E-state index in [1.807, 2.05) is 12.1 Å². The molecule has 3 rings (SSSR count). The number of carbonyl (C=O) groups is 1. The number of carbonyl (C=O) groups excluding carboxylic acids is 1. The summed E-state index contributed by atoms with van der Waals surface area (Å²) in [5, 5.41) is 0. The van der Waals surface area contributed by atoms with Gasteiger partial charge in [-0.1, -0.05) is 58.1 Å². The van der Waals surface area contributed by atoms with Crippen LogP contribution in [0.3, 0.4) is 0 Å². The Hall–Kier alpha value is -1.55. The SMILES string of the molecule is CCCCC[C@H]1CC[C@H](c2ccc(OC(=O)O[C@H]3O[C@@H]3CCC)cc2)CC1. The summed E-state index contributed by atoms with van der Waals surface area (Å²) in [5.74, 6) is 2.10. The molecular weight excluding hydrogens is 340 g/mol. The van der Waals surface area contributed by atoms with Gasteiger partial charge in [0.25, 0.3) is 0 Å². The lowest BCUT2D eigenvalue weighted by molar-refractivity contribution is 0.0562. The Morgan fingerprint density at radius 1 is 1.00 bits per heavy atom. The van der Waals surface area contributed by atoms with Crippen molar-refractivity contribution < 1.29 is 19.0 Å². The molecule has 1 aromatic carbocycles. The van der Waals surface area contributed by atoms with E-state index in [0.717, 1.165) is 18.8 Å². The Kier molecular flexibility index (Phi) is 7.57. The number of ether oxygens (including phenoxy) is 3. The maximum atomic E-state index is 11.8. The molecule has 0 bridgehead atoms. The Labute approximate surface area is 163 Å². The molecule has 0 amide bonds. The van der Waals surface area contributed by atoms with E-state index in [2.05, 4.69) is 26.0 Å². The molecule has 2 aliphatic rings. The van der Waals surface area contributed by atoms with Crippen molar-refractivity contribution in [3.8, 4) is 5.75 Å². The summed E-state index contributed by atoms with van der Waals surface area (Å²) in [6.07, 6.45) is 11.6. The number of unbranched alkanes of at least 4 members (excludes halogenated alkanes) is 2. The zero-order valence-electron chi connectivity index (χ0n) is 16.8. The van der Waals surface area contributed by atoms with Crippen LogP contribution in [0.25, 0.3) is 0 Å². The zero-order chi connectivity index (χ0) is 19.1. The number of epoxide rings is 1. The van der Waals surface area contributed by atoms with Crippen molar-refractivity contribution in [1.82, 2.24) is 0 Å². The molecule has 0 unspecified atom stereocenters. The topological polar surface area (TPSA) is 48.1 Å². The first-order valence-electron chi connectivity index (χ1n) is 10.8. The molecular formula is C23H34O4. The van der Waals surface area contributed by atoms with Crippen molar-refractivity contribution in [3.63, 3.8) is 0 Å². The van der Waals surface area contributed by atoms with E-state index in [1.165, 1.54) is 56.9 Å². The summed E-state index contributed by atoms with van der Waals surface area (Å²) in [4.78, 5) is 11.8. The largest absolute Gasteiger partial charge is 0.516 e. The van der Waals surface area contributed by atoms with Gasteiger partial charge in [-0.25, -0.2) is 4.79 Å². The lowest BCUT2D eigenvalue weighted by atomic mass is 9.77. The molecule has 1 aliphatic heterocycles. The van der Waals surface area contributed by atoms with Crippen LogP contribution >= 0.6 is 0 Å². The minimum absolute atomic E-state index is 0.0435. The van der Waals surface area contributed by atoms with Gasteiger partial charge in [0, 0.05) is 0 Å². The van der Waals surface area contributed by atoms with Crippen LogP contribution in [0.2, 0.25) is 0 Å². The normalized spacial score (nSPS) is 27.2. The lowest BCUT2D eigenvalue weighted by Crippen LogP contribution is -2.14. The monoisotopic (exact) mass is 374 g/mol. The second kappa shape index (κ2) is 10.1. The molecule has 1 aliphatic carbocycles. The Morgan fingerprint density at radius 3 is 2.41 bits per heavy atom. The van der Waals surface area contributed by atoms with E-state index in [4.69, 9.17) is 14.2 Å². The molecule has 2 fully saturated rings. The van der Waals surface area contributed by atoms with Crippen LogP contribution in [0.15, 0.2) is 24.3 Å². The van der Waals surface area contributed by atoms with Crippen LogP contribution in [0.5, 0.6) is 5.75 Å². The summed E-state index contributed by atoms with van der Waals surface area (Å²) in [7, 11) is 0. The second-order valence-corrected chi connectivity index (χ2v) is 8.08. The summed E-state index contributed by atoms with van der Waals surface area (Å²) in [5.41, 5.74) is 1.36. The predicted octanol–water partition coefficient (Wildman–Crippen LogP) is 6.58. The van der Waals surface area contributed by atoms with Crippen molar-refractivity contribution in [2.45, 2.75) is 96.4 Å². The van der Waals surface area contributed by atoms with E-state index in [9.17, 15) is 4.79 Å². The highest BCUT2D eigenvalue weighted by atomic mass is 16.8. The Morgan fingerprint density at radius 2 is 1.74 bits per heavy atom. The van der Waals surface area contributed by atoms with Gasteiger partial charge in [-0.3, -0.25) is 0 Å². The molecule has 150 valence electrons.